The number of aromatic nitrogens is 3. The SMILES string of the molecule is CCOc1ccc(/C=N/NC(=O)CSc2nnc(-c3ccc(C)cc3)n2-c2ccc(Cl)cc2)cc1OC. The van der Waals surface area contributed by atoms with Gasteiger partial charge in [-0.3, -0.25) is 9.36 Å². The lowest BCUT2D eigenvalue weighted by Gasteiger charge is -2.10. The average Bonchev–Trinajstić information content (AvgIpc) is 3.33. The highest BCUT2D eigenvalue weighted by atomic mass is 35.5. The van der Waals surface area contributed by atoms with Crippen molar-refractivity contribution in [1.82, 2.24) is 20.2 Å². The molecular weight excluding hydrogens is 510 g/mol. The summed E-state index contributed by atoms with van der Waals surface area (Å²) in [6.07, 6.45) is 1.55. The molecule has 37 heavy (non-hydrogen) atoms. The van der Waals surface area contributed by atoms with Crippen LogP contribution in [0.4, 0.5) is 0 Å². The molecule has 0 bridgehead atoms. The van der Waals surface area contributed by atoms with Crippen molar-refractivity contribution < 1.29 is 14.3 Å². The molecule has 0 fully saturated rings. The molecule has 1 aromatic heterocycles. The predicted molar refractivity (Wildman–Crippen MR) is 147 cm³/mol. The van der Waals surface area contributed by atoms with Gasteiger partial charge in [0, 0.05) is 16.3 Å². The lowest BCUT2D eigenvalue weighted by atomic mass is 10.1. The Labute approximate surface area is 224 Å². The molecule has 4 aromatic rings. The van der Waals surface area contributed by atoms with E-state index in [1.54, 1.807) is 25.5 Å². The number of ether oxygens (including phenoxy) is 2. The van der Waals surface area contributed by atoms with Crippen molar-refractivity contribution in [3.8, 4) is 28.6 Å². The number of nitrogens with zero attached hydrogens (tertiary/aromatic N) is 4. The summed E-state index contributed by atoms with van der Waals surface area (Å²) in [4.78, 5) is 12.5. The molecule has 0 aliphatic rings. The monoisotopic (exact) mass is 535 g/mol. The number of nitrogens with one attached hydrogen (secondary N) is 1. The molecule has 1 N–H and O–H groups in total. The molecule has 190 valence electrons. The standard InChI is InChI=1S/C27H26ClN5O3S/c1-4-36-23-14-7-19(15-24(23)35-3)16-29-30-25(34)17-37-27-32-31-26(20-8-5-18(2)6-9-20)33(27)22-12-10-21(28)11-13-22/h5-16H,4,17H2,1-3H3,(H,30,34)/b29-16+. The molecule has 4 rings (SSSR count). The summed E-state index contributed by atoms with van der Waals surface area (Å²) < 4.78 is 12.8. The fourth-order valence-corrected chi connectivity index (χ4v) is 4.33. The number of carbonyl (C=O) groups excluding carboxylic acids is 1. The largest absolute Gasteiger partial charge is 0.493 e. The molecule has 0 saturated heterocycles. The van der Waals surface area contributed by atoms with Gasteiger partial charge >= 0.3 is 0 Å². The number of thioether (sulfide) groups is 1. The van der Waals surface area contributed by atoms with E-state index in [-0.39, 0.29) is 11.7 Å². The number of rotatable bonds is 10. The smallest absolute Gasteiger partial charge is 0.250 e. The topological polar surface area (TPSA) is 90.6 Å². The Hall–Kier alpha value is -3.82. The summed E-state index contributed by atoms with van der Waals surface area (Å²) in [7, 11) is 1.57. The first-order valence-electron chi connectivity index (χ1n) is 11.5. The highest BCUT2D eigenvalue weighted by molar-refractivity contribution is 7.99. The Balaban J connectivity index is 1.46. The van der Waals surface area contributed by atoms with Gasteiger partial charge < -0.3 is 9.47 Å². The second-order valence-corrected chi connectivity index (χ2v) is 9.29. The van der Waals surface area contributed by atoms with Crippen molar-refractivity contribution in [3.05, 3.63) is 82.9 Å². The summed E-state index contributed by atoms with van der Waals surface area (Å²) >= 11 is 7.36. The van der Waals surface area contributed by atoms with Gasteiger partial charge in [0.1, 0.15) is 0 Å². The molecule has 0 radical (unpaired) electrons. The predicted octanol–water partition coefficient (Wildman–Crippen LogP) is 5.55. The van der Waals surface area contributed by atoms with Crippen LogP contribution in [0.2, 0.25) is 5.02 Å². The summed E-state index contributed by atoms with van der Waals surface area (Å²) in [6, 6.07) is 20.9. The number of amides is 1. The highest BCUT2D eigenvalue weighted by Crippen LogP contribution is 2.29. The van der Waals surface area contributed by atoms with Crippen LogP contribution in [0.3, 0.4) is 0 Å². The van der Waals surface area contributed by atoms with Crippen LogP contribution in [0.5, 0.6) is 11.5 Å². The molecule has 8 nitrogen and oxygen atoms in total. The van der Waals surface area contributed by atoms with Gasteiger partial charge in [-0.05, 0) is 61.9 Å². The zero-order chi connectivity index (χ0) is 26.2. The van der Waals surface area contributed by atoms with Gasteiger partial charge in [0.25, 0.3) is 5.91 Å². The molecule has 0 aliphatic carbocycles. The maximum absolute atomic E-state index is 12.5. The Bertz CT molecular complexity index is 1390. The van der Waals surface area contributed by atoms with Gasteiger partial charge in [-0.1, -0.05) is 53.2 Å². The maximum Gasteiger partial charge on any atom is 0.250 e. The molecule has 1 heterocycles. The van der Waals surface area contributed by atoms with Crippen molar-refractivity contribution in [1.29, 1.82) is 0 Å². The van der Waals surface area contributed by atoms with E-state index in [0.29, 0.717) is 34.1 Å². The number of methoxy groups -OCH3 is 1. The lowest BCUT2D eigenvalue weighted by molar-refractivity contribution is -0.118. The van der Waals surface area contributed by atoms with E-state index in [4.69, 9.17) is 21.1 Å². The molecule has 10 heteroatoms. The third-order valence-corrected chi connectivity index (χ3v) is 6.43. The third-order valence-electron chi connectivity index (χ3n) is 5.25. The number of hydrogen-bond acceptors (Lipinski definition) is 7. The number of halogens is 1. The fraction of sp³-hybridized carbons (Fsp3) is 0.185. The van der Waals surface area contributed by atoms with Crippen molar-refractivity contribution >= 4 is 35.5 Å². The van der Waals surface area contributed by atoms with Gasteiger partial charge in [0.05, 0.1) is 25.7 Å². The van der Waals surface area contributed by atoms with Crippen LogP contribution >= 0.6 is 23.4 Å². The second-order valence-electron chi connectivity index (χ2n) is 7.91. The van der Waals surface area contributed by atoms with Crippen LogP contribution in [0.25, 0.3) is 17.1 Å². The van der Waals surface area contributed by atoms with E-state index in [1.807, 2.05) is 73.0 Å². The second kappa shape index (κ2) is 12.4. The summed E-state index contributed by atoms with van der Waals surface area (Å²) in [5.74, 6) is 1.74. The first-order chi connectivity index (χ1) is 18.0. The van der Waals surface area contributed by atoms with E-state index in [0.717, 1.165) is 22.4 Å². The molecule has 0 unspecified atom stereocenters. The number of aryl methyl sites for hydroxylation is 1. The molecule has 0 aliphatic heterocycles. The Morgan fingerprint density at radius 3 is 2.54 bits per heavy atom. The molecule has 0 saturated carbocycles. The van der Waals surface area contributed by atoms with Crippen LogP contribution in [0, 0.1) is 6.92 Å². The highest BCUT2D eigenvalue weighted by Gasteiger charge is 2.17. The van der Waals surface area contributed by atoms with Gasteiger partial charge in [-0.25, -0.2) is 5.43 Å². The van der Waals surface area contributed by atoms with Crippen LogP contribution in [-0.2, 0) is 4.79 Å². The van der Waals surface area contributed by atoms with E-state index >= 15 is 0 Å². The van der Waals surface area contributed by atoms with E-state index in [9.17, 15) is 4.79 Å². The van der Waals surface area contributed by atoms with Gasteiger partial charge in [0.2, 0.25) is 0 Å². The van der Waals surface area contributed by atoms with Crippen LogP contribution in [-0.4, -0.2) is 46.4 Å². The molecule has 0 atom stereocenters. The normalized spacial score (nSPS) is 11.0. The number of carbonyl (C=O) groups is 1. The van der Waals surface area contributed by atoms with E-state index in [2.05, 4.69) is 20.7 Å². The molecular formula is C27H26ClN5O3S. The van der Waals surface area contributed by atoms with Crippen molar-refractivity contribution in [2.24, 2.45) is 5.10 Å². The van der Waals surface area contributed by atoms with Gasteiger partial charge in [-0.2, -0.15) is 5.10 Å². The number of hydrazone groups is 1. The lowest BCUT2D eigenvalue weighted by Crippen LogP contribution is -2.20. The average molecular weight is 536 g/mol. The quantitative estimate of drug-likeness (QED) is 0.163. The Kier molecular flexibility index (Phi) is 8.81. The van der Waals surface area contributed by atoms with Crippen molar-refractivity contribution in [2.75, 3.05) is 19.5 Å². The Morgan fingerprint density at radius 2 is 1.84 bits per heavy atom. The number of benzene rings is 3. The Morgan fingerprint density at radius 1 is 1.08 bits per heavy atom. The maximum atomic E-state index is 12.5. The van der Waals surface area contributed by atoms with Crippen LogP contribution in [0.15, 0.2) is 77.0 Å². The summed E-state index contributed by atoms with van der Waals surface area (Å²) in [5.41, 5.74) is 6.22. The third kappa shape index (κ3) is 6.69. The summed E-state index contributed by atoms with van der Waals surface area (Å²) in [6.45, 7) is 4.47. The first kappa shape index (κ1) is 26.2. The van der Waals surface area contributed by atoms with E-state index in [1.165, 1.54) is 11.8 Å². The molecule has 3 aromatic carbocycles. The van der Waals surface area contributed by atoms with Crippen molar-refractivity contribution in [2.45, 2.75) is 19.0 Å². The fourth-order valence-electron chi connectivity index (χ4n) is 3.46. The molecule has 0 spiro atoms. The minimum Gasteiger partial charge on any atom is -0.493 e. The minimum atomic E-state index is -0.276. The van der Waals surface area contributed by atoms with Gasteiger partial charge in [-0.15, -0.1) is 10.2 Å². The van der Waals surface area contributed by atoms with Crippen LogP contribution < -0.4 is 14.9 Å². The van der Waals surface area contributed by atoms with Crippen molar-refractivity contribution in [3.63, 3.8) is 0 Å². The molecule has 1 amide bonds. The van der Waals surface area contributed by atoms with Crippen LogP contribution in [0.1, 0.15) is 18.1 Å². The first-order valence-corrected chi connectivity index (χ1v) is 12.9. The number of hydrogen-bond donors (Lipinski definition) is 1. The zero-order valence-electron chi connectivity index (χ0n) is 20.6. The minimum absolute atomic E-state index is 0.101. The summed E-state index contributed by atoms with van der Waals surface area (Å²) in [5, 5.41) is 14.0. The van der Waals surface area contributed by atoms with Gasteiger partial charge in [0.15, 0.2) is 22.5 Å². The zero-order valence-corrected chi connectivity index (χ0v) is 22.2. The van der Waals surface area contributed by atoms with E-state index < -0.39 is 0 Å².